The number of hydrogen-bond acceptors (Lipinski definition) is 6. The topological polar surface area (TPSA) is 69.7 Å². The summed E-state index contributed by atoms with van der Waals surface area (Å²) in [4.78, 5) is 17.1. The molecule has 3 aromatic carbocycles. The lowest BCUT2D eigenvalue weighted by Crippen LogP contribution is -2.20. The summed E-state index contributed by atoms with van der Waals surface area (Å²) in [6, 6.07) is 26.6. The maximum absolute atomic E-state index is 12.5. The first-order valence-corrected chi connectivity index (χ1v) is 9.99. The van der Waals surface area contributed by atoms with Crippen molar-refractivity contribution in [1.29, 1.82) is 0 Å². The monoisotopic (exact) mass is 417 g/mol. The van der Waals surface area contributed by atoms with Crippen LogP contribution in [0.4, 0.5) is 5.69 Å². The fourth-order valence-corrected chi connectivity index (χ4v) is 3.04. The molecule has 31 heavy (non-hydrogen) atoms. The Morgan fingerprint density at radius 2 is 1.39 bits per heavy atom. The number of epoxide rings is 1. The highest BCUT2D eigenvalue weighted by Crippen LogP contribution is 2.32. The SMILES string of the molecule is COc1ccccc1N=C(OCc1ccccc1)C1OC1C(=O)OCc1ccccc1. The van der Waals surface area contributed by atoms with Gasteiger partial charge < -0.3 is 18.9 Å². The normalized spacial score (nSPS) is 17.6. The molecule has 0 aromatic heterocycles. The van der Waals surface area contributed by atoms with Crippen LogP contribution in [0.3, 0.4) is 0 Å². The first kappa shape index (κ1) is 20.6. The van der Waals surface area contributed by atoms with Gasteiger partial charge in [0.25, 0.3) is 0 Å². The molecular weight excluding hydrogens is 394 g/mol. The van der Waals surface area contributed by atoms with E-state index in [0.29, 0.717) is 23.9 Å². The van der Waals surface area contributed by atoms with E-state index in [1.807, 2.05) is 84.9 Å². The minimum atomic E-state index is -0.743. The van der Waals surface area contributed by atoms with Crippen molar-refractivity contribution in [2.75, 3.05) is 7.11 Å². The molecule has 0 amide bonds. The lowest BCUT2D eigenvalue weighted by Gasteiger charge is -2.10. The van der Waals surface area contributed by atoms with Crippen molar-refractivity contribution >= 4 is 17.6 Å². The zero-order valence-electron chi connectivity index (χ0n) is 17.1. The standard InChI is InChI=1S/C25H23NO5/c1-28-21-15-9-8-14-20(21)26-24(29-16-18-10-4-2-5-11-18)22-23(31-22)25(27)30-17-19-12-6-3-7-13-19/h2-15,22-23H,16-17H2,1H3. The number of aliphatic imine (C=N–C) groups is 1. The Balaban J connectivity index is 1.46. The Hall–Kier alpha value is -3.64. The van der Waals surface area contributed by atoms with Gasteiger partial charge in [-0.2, -0.15) is 0 Å². The van der Waals surface area contributed by atoms with E-state index in [4.69, 9.17) is 18.9 Å². The van der Waals surface area contributed by atoms with E-state index in [1.54, 1.807) is 7.11 Å². The van der Waals surface area contributed by atoms with Crippen molar-refractivity contribution in [3.05, 3.63) is 96.1 Å². The van der Waals surface area contributed by atoms with E-state index in [2.05, 4.69) is 4.99 Å². The van der Waals surface area contributed by atoms with Crippen LogP contribution in [0.25, 0.3) is 0 Å². The highest BCUT2D eigenvalue weighted by Gasteiger charge is 2.51. The molecule has 2 unspecified atom stereocenters. The lowest BCUT2D eigenvalue weighted by molar-refractivity contribution is -0.146. The summed E-state index contributed by atoms with van der Waals surface area (Å²) in [7, 11) is 1.58. The first-order chi connectivity index (χ1) is 15.2. The van der Waals surface area contributed by atoms with E-state index >= 15 is 0 Å². The Morgan fingerprint density at radius 3 is 2.03 bits per heavy atom. The second-order valence-corrected chi connectivity index (χ2v) is 6.97. The molecule has 0 bridgehead atoms. The number of esters is 1. The molecular formula is C25H23NO5. The first-order valence-electron chi connectivity index (χ1n) is 9.99. The summed E-state index contributed by atoms with van der Waals surface area (Å²) in [6.45, 7) is 0.497. The molecule has 0 spiro atoms. The number of rotatable bonds is 8. The summed E-state index contributed by atoms with van der Waals surface area (Å²) < 4.78 is 22.3. The van der Waals surface area contributed by atoms with E-state index in [1.165, 1.54) is 0 Å². The second-order valence-electron chi connectivity index (χ2n) is 6.97. The molecule has 4 rings (SSSR count). The van der Waals surface area contributed by atoms with Gasteiger partial charge in [-0.3, -0.25) is 0 Å². The van der Waals surface area contributed by atoms with Crippen molar-refractivity contribution < 1.29 is 23.7 Å². The van der Waals surface area contributed by atoms with Crippen molar-refractivity contribution in [1.82, 2.24) is 0 Å². The maximum atomic E-state index is 12.5. The van der Waals surface area contributed by atoms with Gasteiger partial charge in [0.2, 0.25) is 5.90 Å². The third-order valence-electron chi connectivity index (χ3n) is 4.74. The second kappa shape index (κ2) is 9.91. The molecule has 1 saturated heterocycles. The smallest absolute Gasteiger partial charge is 0.338 e. The Kier molecular flexibility index (Phi) is 6.59. The number of ether oxygens (including phenoxy) is 4. The highest BCUT2D eigenvalue weighted by molar-refractivity contribution is 5.94. The Labute approximate surface area is 181 Å². The van der Waals surface area contributed by atoms with Gasteiger partial charge in [0.1, 0.15) is 24.7 Å². The van der Waals surface area contributed by atoms with Crippen LogP contribution in [0.1, 0.15) is 11.1 Å². The number of carbonyl (C=O) groups is 1. The molecule has 6 heteroatoms. The summed E-state index contributed by atoms with van der Waals surface area (Å²) in [5.41, 5.74) is 2.50. The third kappa shape index (κ3) is 5.49. The predicted molar refractivity (Wildman–Crippen MR) is 116 cm³/mol. The van der Waals surface area contributed by atoms with Crippen LogP contribution in [0, 0.1) is 0 Å². The minimum Gasteiger partial charge on any atom is -0.494 e. The van der Waals surface area contributed by atoms with Gasteiger partial charge in [-0.15, -0.1) is 0 Å². The molecule has 2 atom stereocenters. The van der Waals surface area contributed by atoms with Gasteiger partial charge >= 0.3 is 5.97 Å². The van der Waals surface area contributed by atoms with Crippen LogP contribution in [0.5, 0.6) is 5.75 Å². The molecule has 1 aliphatic heterocycles. The van der Waals surface area contributed by atoms with Crippen LogP contribution in [0.15, 0.2) is 89.9 Å². The molecule has 6 nitrogen and oxygen atoms in total. The van der Waals surface area contributed by atoms with Crippen molar-refractivity contribution in [3.63, 3.8) is 0 Å². The van der Waals surface area contributed by atoms with Gasteiger partial charge in [0.15, 0.2) is 12.2 Å². The zero-order chi connectivity index (χ0) is 21.5. The fraction of sp³-hybridized carbons (Fsp3) is 0.200. The molecule has 1 aliphatic rings. The average molecular weight is 417 g/mol. The van der Waals surface area contributed by atoms with Crippen LogP contribution < -0.4 is 4.74 Å². The Bertz CT molecular complexity index is 1040. The van der Waals surface area contributed by atoms with Gasteiger partial charge in [-0.1, -0.05) is 72.8 Å². The quantitative estimate of drug-likeness (QED) is 0.234. The molecule has 0 aliphatic carbocycles. The highest BCUT2D eigenvalue weighted by atomic mass is 16.7. The van der Waals surface area contributed by atoms with E-state index in [-0.39, 0.29) is 6.61 Å². The summed E-state index contributed by atoms with van der Waals surface area (Å²) in [5.74, 6) is 0.479. The van der Waals surface area contributed by atoms with Crippen LogP contribution in [0.2, 0.25) is 0 Å². The van der Waals surface area contributed by atoms with Crippen molar-refractivity contribution in [2.24, 2.45) is 4.99 Å². The van der Waals surface area contributed by atoms with E-state index in [0.717, 1.165) is 11.1 Å². The number of carbonyl (C=O) groups excluding carboxylic acids is 1. The van der Waals surface area contributed by atoms with Crippen LogP contribution in [-0.4, -0.2) is 31.2 Å². The van der Waals surface area contributed by atoms with Gasteiger partial charge in [0.05, 0.1) is 7.11 Å². The number of methoxy groups -OCH3 is 1. The number of hydrogen-bond donors (Lipinski definition) is 0. The minimum absolute atomic E-state index is 0.191. The van der Waals surface area contributed by atoms with Crippen molar-refractivity contribution in [2.45, 2.75) is 25.4 Å². The molecule has 0 radical (unpaired) electrons. The lowest BCUT2D eigenvalue weighted by atomic mass is 10.2. The molecule has 0 saturated carbocycles. The summed E-state index contributed by atoms with van der Waals surface area (Å²) in [5, 5.41) is 0. The Morgan fingerprint density at radius 1 is 0.806 bits per heavy atom. The summed E-state index contributed by atoms with van der Waals surface area (Å²) >= 11 is 0. The molecule has 3 aromatic rings. The van der Waals surface area contributed by atoms with Gasteiger partial charge in [0, 0.05) is 0 Å². The largest absolute Gasteiger partial charge is 0.494 e. The maximum Gasteiger partial charge on any atom is 0.338 e. The predicted octanol–water partition coefficient (Wildman–Crippen LogP) is 4.45. The fourth-order valence-electron chi connectivity index (χ4n) is 3.04. The zero-order valence-corrected chi connectivity index (χ0v) is 17.1. The van der Waals surface area contributed by atoms with Gasteiger partial charge in [-0.05, 0) is 23.3 Å². The molecule has 1 heterocycles. The number of nitrogens with zero attached hydrogens (tertiary/aromatic N) is 1. The van der Waals surface area contributed by atoms with Crippen molar-refractivity contribution in [3.8, 4) is 5.75 Å². The van der Waals surface area contributed by atoms with E-state index < -0.39 is 18.2 Å². The van der Waals surface area contributed by atoms with Gasteiger partial charge in [-0.25, -0.2) is 9.79 Å². The molecule has 158 valence electrons. The third-order valence-corrected chi connectivity index (χ3v) is 4.74. The summed E-state index contributed by atoms with van der Waals surface area (Å²) in [6.07, 6.45) is -1.34. The van der Waals surface area contributed by atoms with Crippen LogP contribution >= 0.6 is 0 Å². The van der Waals surface area contributed by atoms with E-state index in [9.17, 15) is 4.79 Å². The average Bonchev–Trinajstić information content (AvgIpc) is 3.63. The molecule has 0 N–H and O–H groups in total. The van der Waals surface area contributed by atoms with Crippen LogP contribution in [-0.2, 0) is 32.2 Å². The number of benzene rings is 3. The number of para-hydroxylation sites is 2. The molecule has 1 fully saturated rings.